The minimum atomic E-state index is 0.609. The van der Waals surface area contributed by atoms with Crippen LogP contribution in [0.3, 0.4) is 0 Å². The van der Waals surface area contributed by atoms with E-state index in [1.807, 2.05) is 24.8 Å². The zero-order valence-corrected chi connectivity index (χ0v) is 12.8. The van der Waals surface area contributed by atoms with Crippen molar-refractivity contribution in [3.8, 4) is 0 Å². The second-order valence-corrected chi connectivity index (χ2v) is 6.22. The third-order valence-corrected chi connectivity index (χ3v) is 5.03. The van der Waals surface area contributed by atoms with E-state index < -0.39 is 0 Å². The van der Waals surface area contributed by atoms with Gasteiger partial charge in [-0.25, -0.2) is 0 Å². The molecule has 2 aromatic heterocycles. The Hall–Kier alpha value is -2.10. The van der Waals surface area contributed by atoms with Crippen LogP contribution in [0.15, 0.2) is 49.1 Å². The first-order valence-corrected chi connectivity index (χ1v) is 8.27. The number of hydrogen-bond donors (Lipinski definition) is 0. The molecule has 4 nitrogen and oxygen atoms in total. The summed E-state index contributed by atoms with van der Waals surface area (Å²) in [5.41, 5.74) is 2.64. The van der Waals surface area contributed by atoms with E-state index >= 15 is 0 Å². The van der Waals surface area contributed by atoms with Crippen LogP contribution in [0, 0.1) is 0 Å². The highest BCUT2D eigenvalue weighted by molar-refractivity contribution is 5.51. The summed E-state index contributed by atoms with van der Waals surface area (Å²) in [5, 5.41) is 0. The molecule has 2 aliphatic rings. The molecule has 0 amide bonds. The van der Waals surface area contributed by atoms with Crippen LogP contribution in [-0.2, 0) is 0 Å². The van der Waals surface area contributed by atoms with Crippen molar-refractivity contribution in [2.75, 3.05) is 22.9 Å². The second kappa shape index (κ2) is 5.95. The zero-order chi connectivity index (χ0) is 14.8. The molecule has 4 rings (SSSR count). The average Bonchev–Trinajstić information content (AvgIpc) is 3.25. The van der Waals surface area contributed by atoms with E-state index in [2.05, 4.69) is 44.0 Å². The van der Waals surface area contributed by atoms with Gasteiger partial charge >= 0.3 is 0 Å². The van der Waals surface area contributed by atoms with Gasteiger partial charge in [0.05, 0.1) is 0 Å². The van der Waals surface area contributed by atoms with Crippen molar-refractivity contribution < 1.29 is 0 Å². The Morgan fingerprint density at radius 1 is 0.682 bits per heavy atom. The molecule has 4 heteroatoms. The van der Waals surface area contributed by atoms with Gasteiger partial charge in [-0.1, -0.05) is 0 Å². The first-order valence-electron chi connectivity index (χ1n) is 8.27. The van der Waals surface area contributed by atoms with Gasteiger partial charge < -0.3 is 9.80 Å². The van der Waals surface area contributed by atoms with Gasteiger partial charge in [0, 0.05) is 61.3 Å². The number of pyridine rings is 2. The summed E-state index contributed by atoms with van der Waals surface area (Å²) in [6.07, 6.45) is 12.8. The molecule has 2 fully saturated rings. The van der Waals surface area contributed by atoms with Gasteiger partial charge in [0.15, 0.2) is 0 Å². The van der Waals surface area contributed by atoms with E-state index in [4.69, 9.17) is 0 Å². The van der Waals surface area contributed by atoms with Gasteiger partial charge in [0.25, 0.3) is 0 Å². The molecule has 22 heavy (non-hydrogen) atoms. The number of rotatable bonds is 3. The van der Waals surface area contributed by atoms with Crippen molar-refractivity contribution in [2.45, 2.75) is 37.8 Å². The largest absolute Gasteiger partial charge is 0.366 e. The third kappa shape index (κ3) is 2.43. The molecule has 114 valence electrons. The summed E-state index contributed by atoms with van der Waals surface area (Å²) in [7, 11) is 0. The summed E-state index contributed by atoms with van der Waals surface area (Å²) in [6.45, 7) is 2.32. The molecule has 0 saturated carbocycles. The van der Waals surface area contributed by atoms with Gasteiger partial charge in [-0.05, 0) is 49.9 Å². The predicted octanol–water partition coefficient (Wildman–Crippen LogP) is 3.11. The summed E-state index contributed by atoms with van der Waals surface area (Å²) in [5.74, 6) is 0. The molecule has 0 aliphatic carbocycles. The fourth-order valence-electron chi connectivity index (χ4n) is 4.10. The van der Waals surface area contributed by atoms with Crippen LogP contribution in [0.4, 0.5) is 11.4 Å². The molecule has 2 saturated heterocycles. The Morgan fingerprint density at radius 2 is 1.09 bits per heavy atom. The van der Waals surface area contributed by atoms with Crippen molar-refractivity contribution in [1.29, 1.82) is 0 Å². The standard InChI is InChI=1S/C18H22N4/c1-3-17(21(13-1)15-5-9-19-10-6-15)18-4-2-14-22(18)16-7-11-20-12-8-16/h5-12,17-18H,1-4,13-14H2/t17-,18-/m0/s1. The predicted molar refractivity (Wildman–Crippen MR) is 89.2 cm³/mol. The summed E-state index contributed by atoms with van der Waals surface area (Å²) in [6, 6.07) is 9.79. The normalized spacial score (nSPS) is 24.9. The number of anilines is 2. The Kier molecular flexibility index (Phi) is 3.67. The molecule has 0 aromatic carbocycles. The van der Waals surface area contributed by atoms with Crippen molar-refractivity contribution >= 4 is 11.4 Å². The van der Waals surface area contributed by atoms with E-state index in [0.29, 0.717) is 12.1 Å². The Morgan fingerprint density at radius 3 is 1.50 bits per heavy atom. The van der Waals surface area contributed by atoms with E-state index in [1.54, 1.807) is 0 Å². The number of aromatic nitrogens is 2. The van der Waals surface area contributed by atoms with Gasteiger partial charge in [-0.15, -0.1) is 0 Å². The van der Waals surface area contributed by atoms with E-state index in [0.717, 1.165) is 13.1 Å². The molecule has 0 bridgehead atoms. The van der Waals surface area contributed by atoms with E-state index in [9.17, 15) is 0 Å². The van der Waals surface area contributed by atoms with E-state index in [1.165, 1.54) is 37.1 Å². The lowest BCUT2D eigenvalue weighted by Gasteiger charge is -2.37. The summed E-state index contributed by atoms with van der Waals surface area (Å²) < 4.78 is 0. The molecule has 0 unspecified atom stereocenters. The Balaban J connectivity index is 1.60. The van der Waals surface area contributed by atoms with Crippen molar-refractivity contribution in [2.24, 2.45) is 0 Å². The van der Waals surface area contributed by atoms with Gasteiger partial charge in [-0.2, -0.15) is 0 Å². The SMILES string of the molecule is c1cc(N2CCC[C@H]2[C@@H]2CCCN2c2ccncc2)ccn1. The fourth-order valence-corrected chi connectivity index (χ4v) is 4.10. The highest BCUT2D eigenvalue weighted by Crippen LogP contribution is 2.35. The number of hydrogen-bond acceptors (Lipinski definition) is 4. The lowest BCUT2D eigenvalue weighted by atomic mass is 10.0. The molecule has 2 aliphatic heterocycles. The Labute approximate surface area is 131 Å². The van der Waals surface area contributed by atoms with Crippen LogP contribution in [0.1, 0.15) is 25.7 Å². The maximum atomic E-state index is 4.16. The maximum Gasteiger partial charge on any atom is 0.0494 e. The lowest BCUT2D eigenvalue weighted by molar-refractivity contribution is 0.521. The Bertz CT molecular complexity index is 545. The van der Waals surface area contributed by atoms with Crippen LogP contribution < -0.4 is 9.80 Å². The molecular formula is C18H22N4. The number of nitrogens with zero attached hydrogens (tertiary/aromatic N) is 4. The monoisotopic (exact) mass is 294 g/mol. The molecule has 0 N–H and O–H groups in total. The van der Waals surface area contributed by atoms with Crippen LogP contribution >= 0.6 is 0 Å². The third-order valence-electron chi connectivity index (χ3n) is 5.03. The van der Waals surface area contributed by atoms with Crippen molar-refractivity contribution in [3.63, 3.8) is 0 Å². The fraction of sp³-hybridized carbons (Fsp3) is 0.444. The molecule has 0 spiro atoms. The zero-order valence-electron chi connectivity index (χ0n) is 12.8. The summed E-state index contributed by atoms with van der Waals surface area (Å²) in [4.78, 5) is 13.5. The van der Waals surface area contributed by atoms with Gasteiger partial charge in [-0.3, -0.25) is 9.97 Å². The van der Waals surface area contributed by atoms with Crippen LogP contribution in [0.2, 0.25) is 0 Å². The molecule has 2 aromatic rings. The average molecular weight is 294 g/mol. The van der Waals surface area contributed by atoms with Crippen LogP contribution in [-0.4, -0.2) is 35.1 Å². The minimum Gasteiger partial charge on any atom is -0.366 e. The first kappa shape index (κ1) is 13.6. The first-order chi connectivity index (χ1) is 10.9. The van der Waals surface area contributed by atoms with Crippen molar-refractivity contribution in [1.82, 2.24) is 9.97 Å². The quantitative estimate of drug-likeness (QED) is 0.870. The minimum absolute atomic E-state index is 0.609. The topological polar surface area (TPSA) is 32.3 Å². The smallest absolute Gasteiger partial charge is 0.0494 e. The second-order valence-electron chi connectivity index (χ2n) is 6.22. The van der Waals surface area contributed by atoms with Crippen LogP contribution in [0.5, 0.6) is 0 Å². The molecule has 2 atom stereocenters. The van der Waals surface area contributed by atoms with Gasteiger partial charge in [0.2, 0.25) is 0 Å². The lowest BCUT2D eigenvalue weighted by Crippen LogP contribution is -2.46. The molecular weight excluding hydrogens is 272 g/mol. The highest BCUT2D eigenvalue weighted by Gasteiger charge is 2.37. The van der Waals surface area contributed by atoms with Gasteiger partial charge in [0.1, 0.15) is 0 Å². The molecule has 4 heterocycles. The maximum absolute atomic E-state index is 4.16. The van der Waals surface area contributed by atoms with E-state index in [-0.39, 0.29) is 0 Å². The van der Waals surface area contributed by atoms with Crippen molar-refractivity contribution in [3.05, 3.63) is 49.1 Å². The van der Waals surface area contributed by atoms with Crippen LogP contribution in [0.25, 0.3) is 0 Å². The summed E-state index contributed by atoms with van der Waals surface area (Å²) >= 11 is 0. The highest BCUT2D eigenvalue weighted by atomic mass is 15.3. The molecule has 0 radical (unpaired) electrons.